The number of amides is 1. The van der Waals surface area contributed by atoms with E-state index in [9.17, 15) is 9.18 Å². The minimum atomic E-state index is -0.611. The van der Waals surface area contributed by atoms with E-state index in [4.69, 9.17) is 9.68 Å². The lowest BCUT2D eigenvalue weighted by Gasteiger charge is -2.34. The highest BCUT2D eigenvalue weighted by molar-refractivity contribution is 5.94. The quantitative estimate of drug-likeness (QED) is 0.288. The highest BCUT2D eigenvalue weighted by Gasteiger charge is 2.25. The highest BCUT2D eigenvalue weighted by Crippen LogP contribution is 2.13. The van der Waals surface area contributed by atoms with Crippen LogP contribution >= 0.6 is 0 Å². The Hall–Kier alpha value is -3.45. The number of carbonyl (C=O) groups is 1. The Balaban J connectivity index is 1.28. The van der Waals surface area contributed by atoms with Crippen LogP contribution in [0.2, 0.25) is 0 Å². The summed E-state index contributed by atoms with van der Waals surface area (Å²) in [6, 6.07) is 4.75. The standard InChI is InChI=1S/C21H26FN7O2/c22-18-6-15-31-19(18)20(30)29-13-11-28(12-14-29)10-3-1-2-7-25-21(26-16-23)27-17-4-8-24-9-5-17/h4-6,8-9,15H,1-3,7,10-14H2,(H2,24,25,26,27). The molecule has 2 N–H and O–H groups in total. The lowest BCUT2D eigenvalue weighted by molar-refractivity contribution is 0.0598. The zero-order valence-corrected chi connectivity index (χ0v) is 17.3. The molecule has 1 aliphatic heterocycles. The Morgan fingerprint density at radius 2 is 1.97 bits per heavy atom. The topological polar surface area (TPSA) is 110 Å². The van der Waals surface area contributed by atoms with Gasteiger partial charge in [-0.2, -0.15) is 5.26 Å². The van der Waals surface area contributed by atoms with Gasteiger partial charge in [0.2, 0.25) is 17.9 Å². The van der Waals surface area contributed by atoms with Gasteiger partial charge in [0.15, 0.2) is 5.82 Å². The third-order valence-corrected chi connectivity index (χ3v) is 5.02. The van der Waals surface area contributed by atoms with E-state index in [1.165, 1.54) is 6.26 Å². The number of hydrogen-bond acceptors (Lipinski definition) is 6. The second kappa shape index (κ2) is 11.7. The van der Waals surface area contributed by atoms with E-state index in [1.54, 1.807) is 35.6 Å². The molecule has 2 aromatic heterocycles. The molecular weight excluding hydrogens is 401 g/mol. The van der Waals surface area contributed by atoms with E-state index in [2.05, 4.69) is 25.5 Å². The predicted molar refractivity (Wildman–Crippen MR) is 114 cm³/mol. The number of aromatic nitrogens is 1. The molecule has 0 saturated carbocycles. The summed E-state index contributed by atoms with van der Waals surface area (Å²) in [4.78, 5) is 23.9. The summed E-state index contributed by atoms with van der Waals surface area (Å²) < 4.78 is 18.5. The second-order valence-corrected chi connectivity index (χ2v) is 7.14. The normalized spacial score (nSPS) is 14.8. The summed E-state index contributed by atoms with van der Waals surface area (Å²) in [6.07, 6.45) is 9.32. The summed E-state index contributed by atoms with van der Waals surface area (Å²) in [5.74, 6) is -0.787. The average Bonchev–Trinajstić information content (AvgIpc) is 3.22. The number of guanidine groups is 1. The molecule has 0 radical (unpaired) electrons. The van der Waals surface area contributed by atoms with Gasteiger partial charge in [-0.1, -0.05) is 6.42 Å². The second-order valence-electron chi connectivity index (χ2n) is 7.14. The van der Waals surface area contributed by atoms with Crippen molar-refractivity contribution in [2.75, 3.05) is 44.6 Å². The van der Waals surface area contributed by atoms with Crippen LogP contribution in [0.5, 0.6) is 0 Å². The lowest BCUT2D eigenvalue weighted by Crippen LogP contribution is -2.48. The van der Waals surface area contributed by atoms with E-state index < -0.39 is 5.82 Å². The van der Waals surface area contributed by atoms with Crippen LogP contribution in [0.4, 0.5) is 10.1 Å². The highest BCUT2D eigenvalue weighted by atomic mass is 19.1. The molecule has 0 unspecified atom stereocenters. The van der Waals surface area contributed by atoms with E-state index >= 15 is 0 Å². The van der Waals surface area contributed by atoms with Gasteiger partial charge >= 0.3 is 0 Å². The van der Waals surface area contributed by atoms with Crippen LogP contribution in [0.25, 0.3) is 0 Å². The Morgan fingerprint density at radius 3 is 2.65 bits per heavy atom. The molecule has 9 nitrogen and oxygen atoms in total. The van der Waals surface area contributed by atoms with Crippen molar-refractivity contribution in [3.8, 4) is 6.19 Å². The maximum atomic E-state index is 13.5. The predicted octanol–water partition coefficient (Wildman–Crippen LogP) is 2.28. The van der Waals surface area contributed by atoms with Crippen molar-refractivity contribution in [1.82, 2.24) is 20.1 Å². The first-order valence-corrected chi connectivity index (χ1v) is 10.3. The maximum Gasteiger partial charge on any atom is 0.292 e. The van der Waals surface area contributed by atoms with Crippen molar-refractivity contribution in [3.05, 3.63) is 48.4 Å². The first-order valence-electron chi connectivity index (χ1n) is 10.3. The van der Waals surface area contributed by atoms with Gasteiger partial charge in [-0.15, -0.1) is 4.99 Å². The first-order chi connectivity index (χ1) is 15.2. The summed E-state index contributed by atoms with van der Waals surface area (Å²) in [5.41, 5.74) is 0.809. The third kappa shape index (κ3) is 6.79. The molecule has 10 heteroatoms. The van der Waals surface area contributed by atoms with Gasteiger partial charge < -0.3 is 20.0 Å². The van der Waals surface area contributed by atoms with Gasteiger partial charge in [0.05, 0.1) is 6.26 Å². The van der Waals surface area contributed by atoms with Crippen LogP contribution in [0, 0.1) is 17.3 Å². The Morgan fingerprint density at radius 1 is 1.19 bits per heavy atom. The largest absolute Gasteiger partial charge is 0.456 e. The molecule has 1 fully saturated rings. The van der Waals surface area contributed by atoms with Crippen LogP contribution < -0.4 is 10.6 Å². The molecule has 1 amide bonds. The number of rotatable bonds is 8. The summed E-state index contributed by atoms with van der Waals surface area (Å²) in [7, 11) is 0. The number of anilines is 1. The van der Waals surface area contributed by atoms with Crippen molar-refractivity contribution in [1.29, 1.82) is 5.26 Å². The summed E-state index contributed by atoms with van der Waals surface area (Å²) in [6.45, 7) is 4.31. The molecule has 31 heavy (non-hydrogen) atoms. The molecule has 0 atom stereocenters. The number of hydrogen-bond donors (Lipinski definition) is 2. The molecule has 0 aromatic carbocycles. The lowest BCUT2D eigenvalue weighted by atomic mass is 10.2. The Labute approximate surface area is 180 Å². The van der Waals surface area contributed by atoms with Crippen LogP contribution in [-0.4, -0.2) is 65.9 Å². The number of aliphatic imine (C=N–C) groups is 1. The van der Waals surface area contributed by atoms with Gasteiger partial charge in [-0.05, 0) is 31.5 Å². The number of piperazine rings is 1. The van der Waals surface area contributed by atoms with Crippen LogP contribution in [-0.2, 0) is 0 Å². The molecule has 0 aliphatic carbocycles. The minimum Gasteiger partial charge on any atom is -0.456 e. The number of nitriles is 1. The summed E-state index contributed by atoms with van der Waals surface area (Å²) in [5, 5.41) is 15.0. The fourth-order valence-electron chi connectivity index (χ4n) is 3.34. The summed E-state index contributed by atoms with van der Waals surface area (Å²) >= 11 is 0. The monoisotopic (exact) mass is 427 g/mol. The van der Waals surface area contributed by atoms with Crippen molar-refractivity contribution in [3.63, 3.8) is 0 Å². The molecule has 3 rings (SSSR count). The molecule has 1 aliphatic rings. The molecular formula is C21H26FN7O2. The molecule has 0 bridgehead atoms. The van der Waals surface area contributed by atoms with Gasteiger partial charge in [0, 0.05) is 56.9 Å². The van der Waals surface area contributed by atoms with E-state index in [1.807, 2.05) is 0 Å². The van der Waals surface area contributed by atoms with Crippen LogP contribution in [0.1, 0.15) is 29.8 Å². The third-order valence-electron chi connectivity index (χ3n) is 5.02. The molecule has 2 aromatic rings. The molecule has 0 spiro atoms. The fourth-order valence-corrected chi connectivity index (χ4v) is 3.34. The van der Waals surface area contributed by atoms with Gasteiger partial charge in [0.25, 0.3) is 5.91 Å². The van der Waals surface area contributed by atoms with Crippen LogP contribution in [0.3, 0.4) is 0 Å². The van der Waals surface area contributed by atoms with Crippen molar-refractivity contribution < 1.29 is 13.6 Å². The number of furan rings is 1. The minimum absolute atomic E-state index is 0.210. The van der Waals surface area contributed by atoms with E-state index in [0.29, 0.717) is 25.6 Å². The number of halogens is 1. The van der Waals surface area contributed by atoms with Gasteiger partial charge in [-0.25, -0.2) is 4.39 Å². The zero-order chi connectivity index (χ0) is 21.9. The van der Waals surface area contributed by atoms with E-state index in [0.717, 1.165) is 50.7 Å². The number of carbonyl (C=O) groups excluding carboxylic acids is 1. The zero-order valence-electron chi connectivity index (χ0n) is 17.3. The Kier molecular flexibility index (Phi) is 8.37. The number of nitrogens with zero attached hydrogens (tertiary/aromatic N) is 5. The van der Waals surface area contributed by atoms with Gasteiger partial charge in [0.1, 0.15) is 0 Å². The molecule has 164 valence electrons. The van der Waals surface area contributed by atoms with E-state index in [-0.39, 0.29) is 11.7 Å². The van der Waals surface area contributed by atoms with Crippen molar-refractivity contribution >= 4 is 17.6 Å². The SMILES string of the molecule is N#CN=C(NCCCCCN1CCN(C(=O)c2occc2F)CC1)Nc1ccncc1. The van der Waals surface area contributed by atoms with Gasteiger partial charge in [-0.3, -0.25) is 14.7 Å². The van der Waals surface area contributed by atoms with Crippen molar-refractivity contribution in [2.45, 2.75) is 19.3 Å². The Bertz CT molecular complexity index is 902. The average molecular weight is 427 g/mol. The first kappa shape index (κ1) is 22.2. The maximum absolute atomic E-state index is 13.5. The van der Waals surface area contributed by atoms with Crippen molar-refractivity contribution in [2.24, 2.45) is 4.99 Å². The molecule has 1 saturated heterocycles. The smallest absolute Gasteiger partial charge is 0.292 e. The fraction of sp³-hybridized carbons (Fsp3) is 0.429. The number of nitrogens with one attached hydrogen (secondary N) is 2. The van der Waals surface area contributed by atoms with Crippen LogP contribution in [0.15, 0.2) is 46.3 Å². The number of pyridine rings is 1. The molecule has 3 heterocycles. The number of unbranched alkanes of at least 4 members (excludes halogenated alkanes) is 2.